The van der Waals surface area contributed by atoms with Crippen molar-refractivity contribution in [3.05, 3.63) is 23.9 Å². The predicted octanol–water partition coefficient (Wildman–Crippen LogP) is -4.48. The summed E-state index contributed by atoms with van der Waals surface area (Å²) in [5, 5.41) is 26.2. The summed E-state index contributed by atoms with van der Waals surface area (Å²) in [7, 11) is 0. The molecule has 0 saturated heterocycles. The second kappa shape index (κ2) is 4.08. The van der Waals surface area contributed by atoms with Crippen molar-refractivity contribution < 1.29 is 33.9 Å². The third-order valence-corrected chi connectivity index (χ3v) is 1.31. The molecule has 1 heterocycles. The maximum Gasteiger partial charge on any atom is 1.00 e. The molecule has 0 bridgehead atoms. The van der Waals surface area contributed by atoms with Crippen molar-refractivity contribution in [2.24, 2.45) is 0 Å². The molecule has 0 aliphatic rings. The minimum atomic E-state index is -3.43. The Bertz CT molecular complexity index is 263. The fourth-order valence-corrected chi connectivity index (χ4v) is 0.780. The molecular weight excluding hydrogens is 152 g/mol. The molecule has 1 aromatic heterocycles. The summed E-state index contributed by atoms with van der Waals surface area (Å²) >= 11 is 0. The molecule has 0 unspecified atom stereocenters. The van der Waals surface area contributed by atoms with E-state index in [0.29, 0.717) is 5.69 Å². The van der Waals surface area contributed by atoms with Gasteiger partial charge >= 0.3 is 25.6 Å². The molecule has 0 aliphatic heterocycles. The molecule has 0 radical (unpaired) electrons. The Morgan fingerprint density at radius 1 is 1.25 bits per heavy atom. The topological polar surface area (TPSA) is 73.6 Å². The Kier molecular flexibility index (Phi) is 3.97. The summed E-state index contributed by atoms with van der Waals surface area (Å²) in [5.74, 6) is 0. The SMILES string of the molecule is Cc1cccc([B-](O)(O)O)n1.[Li+]. The summed E-state index contributed by atoms with van der Waals surface area (Å²) < 4.78 is 0. The Hall–Kier alpha value is -0.308. The van der Waals surface area contributed by atoms with E-state index >= 15 is 0 Å². The number of aromatic nitrogens is 1. The number of nitrogens with zero attached hydrogens (tertiary/aromatic N) is 1. The maximum absolute atomic E-state index is 8.72. The molecule has 0 amide bonds. The molecule has 3 N–H and O–H groups in total. The maximum atomic E-state index is 8.72. The zero-order chi connectivity index (χ0) is 8.48. The van der Waals surface area contributed by atoms with Crippen LogP contribution in [0.3, 0.4) is 0 Å². The van der Waals surface area contributed by atoms with Crippen LogP contribution >= 0.6 is 0 Å². The van der Waals surface area contributed by atoms with Gasteiger partial charge in [0.15, 0.2) is 0 Å². The summed E-state index contributed by atoms with van der Waals surface area (Å²) in [5.41, 5.74) is 0.524. The van der Waals surface area contributed by atoms with E-state index < -0.39 is 6.75 Å². The summed E-state index contributed by atoms with van der Waals surface area (Å²) in [6, 6.07) is 4.65. The van der Waals surface area contributed by atoms with Crippen LogP contribution in [0.25, 0.3) is 0 Å². The van der Waals surface area contributed by atoms with Crippen LogP contribution in [0.5, 0.6) is 0 Å². The van der Waals surface area contributed by atoms with Gasteiger partial charge in [0.2, 0.25) is 0 Å². The van der Waals surface area contributed by atoms with Crippen molar-refractivity contribution in [3.63, 3.8) is 0 Å². The minimum absolute atomic E-state index is 0. The smallest absolute Gasteiger partial charge is 0.555 e. The average Bonchev–Trinajstić information content (AvgIpc) is 1.86. The van der Waals surface area contributed by atoms with Crippen LogP contribution in [0.1, 0.15) is 5.69 Å². The van der Waals surface area contributed by atoms with Crippen molar-refractivity contribution in [3.8, 4) is 0 Å². The van der Waals surface area contributed by atoms with Crippen molar-refractivity contribution in [1.82, 2.24) is 4.98 Å². The summed E-state index contributed by atoms with van der Waals surface area (Å²) in [6.07, 6.45) is 0. The first-order chi connectivity index (χ1) is 5.00. The van der Waals surface area contributed by atoms with E-state index in [9.17, 15) is 0 Å². The van der Waals surface area contributed by atoms with Gasteiger partial charge in [-0.15, -0.1) is 0 Å². The minimum Gasteiger partial charge on any atom is -0.555 e. The van der Waals surface area contributed by atoms with Gasteiger partial charge in [-0.05, 0) is 18.6 Å². The quantitative estimate of drug-likeness (QED) is 0.363. The molecule has 0 atom stereocenters. The fourth-order valence-electron chi connectivity index (χ4n) is 0.780. The second-order valence-corrected chi connectivity index (χ2v) is 2.44. The van der Waals surface area contributed by atoms with Crippen molar-refractivity contribution in [1.29, 1.82) is 0 Å². The van der Waals surface area contributed by atoms with E-state index in [1.54, 1.807) is 19.1 Å². The molecule has 0 fully saturated rings. The second-order valence-electron chi connectivity index (χ2n) is 2.44. The molecule has 12 heavy (non-hydrogen) atoms. The van der Waals surface area contributed by atoms with Crippen LogP contribution in [0.15, 0.2) is 18.2 Å². The number of hydrogen-bond acceptors (Lipinski definition) is 4. The molecular formula is C6H9BLiNO3. The Morgan fingerprint density at radius 3 is 2.17 bits per heavy atom. The van der Waals surface area contributed by atoms with Gasteiger partial charge in [-0.1, -0.05) is 12.1 Å². The van der Waals surface area contributed by atoms with Crippen LogP contribution in [-0.2, 0) is 0 Å². The zero-order valence-corrected chi connectivity index (χ0v) is 7.10. The van der Waals surface area contributed by atoms with Gasteiger partial charge < -0.3 is 15.1 Å². The number of rotatable bonds is 1. The number of aryl methyl sites for hydroxylation is 1. The third kappa shape index (κ3) is 2.97. The Labute approximate surface area is 82.5 Å². The van der Waals surface area contributed by atoms with Crippen LogP contribution in [0.2, 0.25) is 0 Å². The third-order valence-electron chi connectivity index (χ3n) is 1.31. The normalized spacial score (nSPS) is 10.7. The van der Waals surface area contributed by atoms with Crippen molar-refractivity contribution in [2.45, 2.75) is 6.92 Å². The first-order valence-electron chi connectivity index (χ1n) is 3.25. The molecule has 6 heteroatoms. The van der Waals surface area contributed by atoms with Gasteiger partial charge in [-0.3, -0.25) is 4.98 Å². The van der Waals surface area contributed by atoms with Crippen molar-refractivity contribution >= 4 is 12.3 Å². The van der Waals surface area contributed by atoms with E-state index in [-0.39, 0.29) is 24.5 Å². The van der Waals surface area contributed by atoms with E-state index in [2.05, 4.69) is 4.98 Å². The summed E-state index contributed by atoms with van der Waals surface area (Å²) in [6.45, 7) is -1.73. The fraction of sp³-hybridized carbons (Fsp3) is 0.167. The van der Waals surface area contributed by atoms with Gasteiger partial charge in [-0.25, -0.2) is 0 Å². The standard InChI is InChI=1S/C6H9BNO3.Li/c1-5-3-2-4-6(8-5)7(9,10)11;/h2-4,9-11H,1H3;/q-1;+1. The van der Waals surface area contributed by atoms with Crippen LogP contribution in [0, 0.1) is 6.92 Å². The molecule has 0 spiro atoms. The first kappa shape index (κ1) is 11.7. The van der Waals surface area contributed by atoms with E-state index in [1.165, 1.54) is 6.07 Å². The molecule has 0 aliphatic carbocycles. The molecule has 4 nitrogen and oxygen atoms in total. The van der Waals surface area contributed by atoms with Crippen LogP contribution in [-0.4, -0.2) is 26.8 Å². The molecule has 1 aromatic rings. The number of pyridine rings is 1. The van der Waals surface area contributed by atoms with Gasteiger partial charge in [0.1, 0.15) is 0 Å². The Morgan fingerprint density at radius 2 is 1.83 bits per heavy atom. The largest absolute Gasteiger partial charge is 1.00 e. The zero-order valence-electron chi connectivity index (χ0n) is 7.10. The van der Waals surface area contributed by atoms with Crippen molar-refractivity contribution in [2.75, 3.05) is 0 Å². The van der Waals surface area contributed by atoms with Crippen LogP contribution < -0.4 is 24.5 Å². The van der Waals surface area contributed by atoms with Gasteiger partial charge in [-0.2, -0.15) is 0 Å². The molecule has 60 valence electrons. The van der Waals surface area contributed by atoms with Gasteiger partial charge in [0, 0.05) is 5.69 Å². The first-order valence-corrected chi connectivity index (χ1v) is 3.25. The van der Waals surface area contributed by atoms with Gasteiger partial charge in [0.05, 0.1) is 0 Å². The van der Waals surface area contributed by atoms with Gasteiger partial charge in [0.25, 0.3) is 0 Å². The molecule has 0 saturated carbocycles. The molecule has 0 aromatic carbocycles. The van der Waals surface area contributed by atoms with E-state index in [4.69, 9.17) is 15.1 Å². The predicted molar refractivity (Wildman–Crippen MR) is 41.0 cm³/mol. The summed E-state index contributed by atoms with van der Waals surface area (Å²) in [4.78, 5) is 3.72. The monoisotopic (exact) mass is 161 g/mol. The Balaban J connectivity index is 0.00000121. The van der Waals surface area contributed by atoms with E-state index in [0.717, 1.165) is 0 Å². The molecule has 1 rings (SSSR count). The van der Waals surface area contributed by atoms with Crippen LogP contribution in [0.4, 0.5) is 0 Å². The average molecular weight is 161 g/mol. The van der Waals surface area contributed by atoms with E-state index in [1.807, 2.05) is 0 Å². The number of hydrogen-bond donors (Lipinski definition) is 3.